The predicted octanol–water partition coefficient (Wildman–Crippen LogP) is 5.17. The van der Waals surface area contributed by atoms with Crippen LogP contribution >= 0.6 is 11.5 Å². The van der Waals surface area contributed by atoms with Gasteiger partial charge >= 0.3 is 0 Å². The molecule has 4 aromatic heterocycles. The molecule has 0 aliphatic rings. The molecule has 0 aliphatic carbocycles. The highest BCUT2D eigenvalue weighted by Crippen LogP contribution is 2.31. The smallest absolute Gasteiger partial charge is 0.180 e. The Bertz CT molecular complexity index is 1220. The van der Waals surface area contributed by atoms with Gasteiger partial charge in [-0.15, -0.1) is 0 Å². The molecule has 10 heteroatoms. The molecule has 4 heterocycles. The molecule has 0 amide bonds. The number of aliphatic hydroxyl groups excluding tert-OH is 1. The fourth-order valence-corrected chi connectivity index (χ4v) is 5.38. The molecule has 1 unspecified atom stereocenters. The van der Waals surface area contributed by atoms with E-state index in [2.05, 4.69) is 52.4 Å². The van der Waals surface area contributed by atoms with Crippen LogP contribution in [0.4, 0.5) is 10.8 Å². The molecule has 4 aromatic rings. The van der Waals surface area contributed by atoms with Gasteiger partial charge in [-0.25, -0.2) is 9.97 Å². The van der Waals surface area contributed by atoms with Crippen LogP contribution in [0.15, 0.2) is 30.9 Å². The van der Waals surface area contributed by atoms with E-state index in [-0.39, 0.29) is 12.1 Å². The van der Waals surface area contributed by atoms with Crippen molar-refractivity contribution in [3.8, 4) is 11.3 Å². The van der Waals surface area contributed by atoms with Gasteiger partial charge in [-0.05, 0) is 44.4 Å². The van der Waals surface area contributed by atoms with E-state index in [1.807, 2.05) is 29.9 Å². The Morgan fingerprint density at radius 1 is 1.20 bits per heavy atom. The molecule has 0 saturated heterocycles. The second-order valence-corrected chi connectivity index (χ2v) is 10.1. The van der Waals surface area contributed by atoms with Crippen LogP contribution in [-0.4, -0.2) is 58.1 Å². The first-order valence-electron chi connectivity index (χ1n) is 12.4. The van der Waals surface area contributed by atoms with E-state index in [4.69, 9.17) is 9.36 Å². The number of aliphatic hydroxyl groups is 1. The summed E-state index contributed by atoms with van der Waals surface area (Å²) < 4.78 is 6.72. The number of nitrogens with one attached hydrogen (secondary N) is 2. The summed E-state index contributed by atoms with van der Waals surface area (Å²) in [6.45, 7) is 7.23. The molecule has 188 valence electrons. The molecule has 35 heavy (non-hydrogen) atoms. The van der Waals surface area contributed by atoms with Crippen LogP contribution in [0.25, 0.3) is 16.9 Å². The highest BCUT2D eigenvalue weighted by Gasteiger charge is 2.33. The quantitative estimate of drug-likeness (QED) is 0.219. The van der Waals surface area contributed by atoms with Crippen LogP contribution in [0.1, 0.15) is 63.8 Å². The SMILES string of the molecule is CCCCCC(CO)(CCC)N(C)Cc1cc(Nc2nc(C)cn3c(-c4cn[nH]c4)cnc23)sn1. The van der Waals surface area contributed by atoms with Crippen molar-refractivity contribution in [3.63, 3.8) is 0 Å². The maximum Gasteiger partial charge on any atom is 0.180 e. The number of aryl methyl sites for hydroxylation is 1. The van der Waals surface area contributed by atoms with Crippen LogP contribution < -0.4 is 5.32 Å². The van der Waals surface area contributed by atoms with Gasteiger partial charge in [0.1, 0.15) is 5.00 Å². The number of hydrogen-bond acceptors (Lipinski definition) is 8. The first-order valence-corrected chi connectivity index (χ1v) is 13.2. The van der Waals surface area contributed by atoms with Crippen molar-refractivity contribution in [2.24, 2.45) is 0 Å². The number of rotatable bonds is 13. The Labute approximate surface area is 210 Å². The average Bonchev–Trinajstić information content (AvgIpc) is 3.59. The maximum atomic E-state index is 10.4. The lowest BCUT2D eigenvalue weighted by Crippen LogP contribution is -2.49. The van der Waals surface area contributed by atoms with E-state index >= 15 is 0 Å². The number of unbranched alkanes of at least 4 members (excludes halogenated alkanes) is 2. The van der Waals surface area contributed by atoms with Gasteiger partial charge in [0, 0.05) is 30.0 Å². The van der Waals surface area contributed by atoms with Gasteiger partial charge in [-0.2, -0.15) is 9.47 Å². The molecular weight excluding hydrogens is 460 g/mol. The zero-order valence-electron chi connectivity index (χ0n) is 21.1. The first kappa shape index (κ1) is 25.3. The predicted molar refractivity (Wildman–Crippen MR) is 141 cm³/mol. The molecular formula is C25H36N8OS. The Morgan fingerprint density at radius 3 is 2.77 bits per heavy atom. The fourth-order valence-electron chi connectivity index (χ4n) is 4.72. The van der Waals surface area contributed by atoms with Crippen molar-refractivity contribution in [1.29, 1.82) is 0 Å². The summed E-state index contributed by atoms with van der Waals surface area (Å²) in [5, 5.41) is 21.6. The summed E-state index contributed by atoms with van der Waals surface area (Å²) in [5.41, 5.74) is 4.33. The fraction of sp³-hybridized carbons (Fsp3) is 0.520. The van der Waals surface area contributed by atoms with Gasteiger partial charge in [-0.3, -0.25) is 14.4 Å². The summed E-state index contributed by atoms with van der Waals surface area (Å²) >= 11 is 1.42. The topological polar surface area (TPSA) is 107 Å². The maximum absolute atomic E-state index is 10.4. The Kier molecular flexibility index (Phi) is 8.15. The van der Waals surface area contributed by atoms with Gasteiger partial charge in [0.2, 0.25) is 0 Å². The number of H-pyrrole nitrogens is 1. The highest BCUT2D eigenvalue weighted by atomic mass is 32.1. The van der Waals surface area contributed by atoms with Crippen LogP contribution in [-0.2, 0) is 6.54 Å². The third kappa shape index (κ3) is 5.55. The van der Waals surface area contributed by atoms with E-state index in [1.54, 1.807) is 6.20 Å². The summed E-state index contributed by atoms with van der Waals surface area (Å²) in [4.78, 5) is 11.6. The third-order valence-corrected chi connectivity index (χ3v) is 7.41. The largest absolute Gasteiger partial charge is 0.394 e. The zero-order chi connectivity index (χ0) is 24.8. The summed E-state index contributed by atoms with van der Waals surface area (Å²) in [5.74, 6) is 0.693. The molecule has 1 atom stereocenters. The average molecular weight is 497 g/mol. The third-order valence-electron chi connectivity index (χ3n) is 6.67. The zero-order valence-corrected chi connectivity index (χ0v) is 21.9. The lowest BCUT2D eigenvalue weighted by molar-refractivity contribution is 0.0254. The summed E-state index contributed by atoms with van der Waals surface area (Å²) in [7, 11) is 2.11. The Hall–Kier alpha value is -2.82. The second kappa shape index (κ2) is 11.3. The number of anilines is 2. The number of nitrogens with zero attached hydrogens (tertiary/aromatic N) is 6. The van der Waals surface area contributed by atoms with Crippen molar-refractivity contribution >= 4 is 28.0 Å². The van der Waals surface area contributed by atoms with Gasteiger partial charge in [0.05, 0.1) is 36.1 Å². The van der Waals surface area contributed by atoms with Crippen molar-refractivity contribution in [2.75, 3.05) is 19.0 Å². The van der Waals surface area contributed by atoms with Crippen LogP contribution in [0.2, 0.25) is 0 Å². The number of imidazole rings is 1. The van der Waals surface area contributed by atoms with E-state index in [1.165, 1.54) is 24.4 Å². The molecule has 0 saturated carbocycles. The molecule has 3 N–H and O–H groups in total. The molecule has 0 fully saturated rings. The van der Waals surface area contributed by atoms with Gasteiger partial charge in [-0.1, -0.05) is 39.5 Å². The minimum atomic E-state index is -0.204. The number of hydrogen-bond donors (Lipinski definition) is 3. The normalized spacial score (nSPS) is 13.5. The molecule has 0 aromatic carbocycles. The van der Waals surface area contributed by atoms with E-state index in [0.717, 1.165) is 59.0 Å². The lowest BCUT2D eigenvalue weighted by Gasteiger charge is -2.40. The first-order chi connectivity index (χ1) is 17.0. The van der Waals surface area contributed by atoms with Gasteiger partial charge in [0.25, 0.3) is 0 Å². The minimum Gasteiger partial charge on any atom is -0.394 e. The Morgan fingerprint density at radius 2 is 2.06 bits per heavy atom. The number of aromatic nitrogens is 6. The van der Waals surface area contributed by atoms with E-state index < -0.39 is 0 Å². The Balaban J connectivity index is 1.52. The standard InChI is InChI=1S/C25H36N8OS/c1-5-7-8-10-25(17-34,9-6-2)32(4)16-20-11-22(35-31-20)30-23-24-26-14-21(19-12-27-28-13-19)33(24)15-18(3)29-23/h11-15,34H,5-10,16-17H2,1-4H3,(H,27,28)(H,29,30). The second-order valence-electron chi connectivity index (χ2n) is 9.31. The van der Waals surface area contributed by atoms with Crippen LogP contribution in [0.5, 0.6) is 0 Å². The molecule has 0 bridgehead atoms. The number of aromatic amines is 1. The van der Waals surface area contributed by atoms with Crippen LogP contribution in [0.3, 0.4) is 0 Å². The summed E-state index contributed by atoms with van der Waals surface area (Å²) in [6.07, 6.45) is 14.0. The lowest BCUT2D eigenvalue weighted by atomic mass is 9.86. The van der Waals surface area contributed by atoms with E-state index in [9.17, 15) is 5.11 Å². The highest BCUT2D eigenvalue weighted by molar-refractivity contribution is 7.10. The monoisotopic (exact) mass is 496 g/mol. The molecule has 0 spiro atoms. The number of fused-ring (bicyclic) bond motifs is 1. The van der Waals surface area contributed by atoms with Crippen molar-refractivity contribution in [1.82, 2.24) is 33.8 Å². The molecule has 9 nitrogen and oxygen atoms in total. The van der Waals surface area contributed by atoms with E-state index in [0.29, 0.717) is 12.4 Å². The van der Waals surface area contributed by atoms with Crippen molar-refractivity contribution in [3.05, 3.63) is 42.2 Å². The molecule has 0 radical (unpaired) electrons. The van der Waals surface area contributed by atoms with Gasteiger partial charge in [0.15, 0.2) is 11.5 Å². The molecule has 4 rings (SSSR count). The van der Waals surface area contributed by atoms with Crippen molar-refractivity contribution < 1.29 is 5.11 Å². The minimum absolute atomic E-state index is 0.167. The van der Waals surface area contributed by atoms with Crippen molar-refractivity contribution in [2.45, 2.75) is 71.4 Å². The number of likely N-dealkylation sites (N-methyl/N-ethyl adjacent to an activating group) is 1. The van der Waals surface area contributed by atoms with Crippen LogP contribution in [0, 0.1) is 6.92 Å². The van der Waals surface area contributed by atoms with Gasteiger partial charge < -0.3 is 10.4 Å². The summed E-state index contributed by atoms with van der Waals surface area (Å²) in [6, 6.07) is 2.07. The molecule has 0 aliphatic heterocycles.